The van der Waals surface area contributed by atoms with E-state index in [1.165, 1.54) is 0 Å². The van der Waals surface area contributed by atoms with Crippen LogP contribution < -0.4 is 9.64 Å². The third-order valence-electron chi connectivity index (χ3n) is 9.36. The molecule has 2 aliphatic carbocycles. The molecule has 7 rings (SSSR count). The van der Waals surface area contributed by atoms with Crippen molar-refractivity contribution in [3.8, 4) is 17.1 Å². The van der Waals surface area contributed by atoms with Crippen molar-refractivity contribution in [2.75, 3.05) is 31.1 Å². The largest absolute Gasteiger partial charge is 0.488 e. The van der Waals surface area contributed by atoms with Crippen LogP contribution in [0.5, 0.6) is 5.75 Å². The summed E-state index contributed by atoms with van der Waals surface area (Å²) in [4.78, 5) is 26.8. The van der Waals surface area contributed by atoms with Crippen molar-refractivity contribution < 1.29 is 19.0 Å². The van der Waals surface area contributed by atoms with E-state index in [-0.39, 0.29) is 23.8 Å². The molecular weight excluding hydrogens is 597 g/mol. The van der Waals surface area contributed by atoms with Crippen LogP contribution in [0.15, 0.2) is 60.9 Å². The van der Waals surface area contributed by atoms with Gasteiger partial charge in [0.2, 0.25) is 0 Å². The van der Waals surface area contributed by atoms with Crippen LogP contribution in [0.1, 0.15) is 38.2 Å². The molecule has 0 bridgehead atoms. The van der Waals surface area contributed by atoms with Crippen molar-refractivity contribution in [3.05, 3.63) is 66.5 Å². The van der Waals surface area contributed by atoms with Crippen molar-refractivity contribution >= 4 is 30.9 Å². The molecule has 0 radical (unpaired) electrons. The van der Waals surface area contributed by atoms with Gasteiger partial charge >= 0.3 is 6.09 Å². The second-order valence-corrected chi connectivity index (χ2v) is 20.1. The molecule has 1 spiro atoms. The summed E-state index contributed by atoms with van der Waals surface area (Å²) < 4.78 is 20.1. The van der Waals surface area contributed by atoms with E-state index in [4.69, 9.17) is 29.3 Å². The number of nitrogens with zero attached hydrogens (tertiary/aromatic N) is 6. The Labute approximate surface area is 271 Å². The summed E-state index contributed by atoms with van der Waals surface area (Å²) in [5, 5.41) is 5.91. The number of amides is 1. The van der Waals surface area contributed by atoms with Crippen LogP contribution in [-0.4, -0.2) is 76.2 Å². The van der Waals surface area contributed by atoms with Gasteiger partial charge in [0.1, 0.15) is 36.8 Å². The molecular formula is C35H44N6O4Si. The first kappa shape index (κ1) is 30.7. The molecule has 2 saturated carbocycles. The highest BCUT2D eigenvalue weighted by Gasteiger charge is 2.54. The number of benzene rings is 2. The van der Waals surface area contributed by atoms with E-state index < -0.39 is 8.07 Å². The smallest absolute Gasteiger partial charge is 0.410 e. The lowest BCUT2D eigenvalue weighted by atomic mass is 10.1. The molecule has 1 amide bonds. The molecule has 3 aliphatic rings. The Kier molecular flexibility index (Phi) is 8.00. The van der Waals surface area contributed by atoms with Crippen LogP contribution in [0, 0.1) is 0 Å². The maximum Gasteiger partial charge on any atom is 0.410 e. The van der Waals surface area contributed by atoms with Crippen LogP contribution in [0.4, 0.5) is 10.6 Å². The van der Waals surface area contributed by atoms with Crippen LogP contribution >= 0.6 is 0 Å². The van der Waals surface area contributed by atoms with E-state index in [1.807, 2.05) is 58.1 Å². The first-order valence-corrected chi connectivity index (χ1v) is 20.1. The van der Waals surface area contributed by atoms with Gasteiger partial charge in [0.05, 0.1) is 22.4 Å². The number of carbonyl (C=O) groups excluding carboxylic acids is 1. The first-order valence-electron chi connectivity index (χ1n) is 16.4. The number of fused-ring (bicyclic) bond motifs is 1. The molecule has 46 heavy (non-hydrogen) atoms. The minimum Gasteiger partial charge on any atom is -0.488 e. The fraction of sp³-hybridized carbons (Fsp3) is 0.486. The van der Waals surface area contributed by atoms with Gasteiger partial charge in [-0.15, -0.1) is 0 Å². The third kappa shape index (κ3) is 6.76. The van der Waals surface area contributed by atoms with Crippen molar-refractivity contribution in [2.24, 2.45) is 0 Å². The molecule has 242 valence electrons. The molecule has 11 heteroatoms. The van der Waals surface area contributed by atoms with Gasteiger partial charge in [-0.1, -0.05) is 50.0 Å². The van der Waals surface area contributed by atoms with Gasteiger partial charge in [0.25, 0.3) is 0 Å². The molecule has 2 aromatic heterocycles. The number of hydrogen-bond donors (Lipinski definition) is 0. The molecule has 2 aromatic carbocycles. The average molecular weight is 641 g/mol. The average Bonchev–Trinajstić information content (AvgIpc) is 3.94. The monoisotopic (exact) mass is 640 g/mol. The molecule has 1 saturated heterocycles. The lowest BCUT2D eigenvalue weighted by Crippen LogP contribution is -2.57. The van der Waals surface area contributed by atoms with Gasteiger partial charge in [0.15, 0.2) is 0 Å². The van der Waals surface area contributed by atoms with E-state index >= 15 is 0 Å². The van der Waals surface area contributed by atoms with Gasteiger partial charge in [-0.3, -0.25) is 4.90 Å². The Bertz CT molecular complexity index is 1710. The second kappa shape index (κ2) is 12.0. The van der Waals surface area contributed by atoms with E-state index in [2.05, 4.69) is 37.5 Å². The van der Waals surface area contributed by atoms with Gasteiger partial charge in [-0.2, -0.15) is 5.10 Å². The topological polar surface area (TPSA) is 94.8 Å². The zero-order valence-electron chi connectivity index (χ0n) is 27.4. The summed E-state index contributed by atoms with van der Waals surface area (Å²) in [7, 11) is -1.22. The summed E-state index contributed by atoms with van der Waals surface area (Å²) in [6.07, 6.45) is 5.43. The Balaban J connectivity index is 1.12. The SMILES string of the molecule is CC1(Oc2ccc3nn(COCC[Si](C)(C)C)c(-c4cc(N5CCN(C(=O)OCc6ccccc6)C6(CC6)C5)ncn4)c3c2)CC1. The number of piperazine rings is 1. The molecule has 0 unspecified atom stereocenters. The van der Waals surface area contributed by atoms with Gasteiger partial charge < -0.3 is 19.1 Å². The Hall–Kier alpha value is -3.96. The molecule has 0 N–H and O–H groups in total. The van der Waals surface area contributed by atoms with E-state index in [9.17, 15) is 4.79 Å². The maximum absolute atomic E-state index is 13.2. The van der Waals surface area contributed by atoms with Crippen LogP contribution in [0.3, 0.4) is 0 Å². The van der Waals surface area contributed by atoms with Crippen LogP contribution in [0.25, 0.3) is 22.3 Å². The Morgan fingerprint density at radius 2 is 1.78 bits per heavy atom. The summed E-state index contributed by atoms with van der Waals surface area (Å²) in [5.41, 5.74) is 3.23. The van der Waals surface area contributed by atoms with Gasteiger partial charge in [0, 0.05) is 45.8 Å². The fourth-order valence-electron chi connectivity index (χ4n) is 6.11. The summed E-state index contributed by atoms with van der Waals surface area (Å²) in [6, 6.07) is 19.1. The Morgan fingerprint density at radius 1 is 0.978 bits per heavy atom. The van der Waals surface area contributed by atoms with Crippen molar-refractivity contribution in [1.29, 1.82) is 0 Å². The normalized spacial score (nSPS) is 18.2. The number of aromatic nitrogens is 4. The second-order valence-electron chi connectivity index (χ2n) is 14.5. The summed E-state index contributed by atoms with van der Waals surface area (Å²) in [6.45, 7) is 12.5. The van der Waals surface area contributed by atoms with Gasteiger partial charge in [-0.05, 0) is 62.4 Å². The number of ether oxygens (including phenoxy) is 3. The number of carbonyl (C=O) groups is 1. The highest BCUT2D eigenvalue weighted by Crippen LogP contribution is 2.46. The molecule has 10 nitrogen and oxygen atoms in total. The molecule has 3 fully saturated rings. The first-order chi connectivity index (χ1) is 22.1. The maximum atomic E-state index is 13.2. The molecule has 1 aliphatic heterocycles. The van der Waals surface area contributed by atoms with E-state index in [0.717, 1.165) is 71.1 Å². The highest BCUT2D eigenvalue weighted by atomic mass is 28.3. The standard InChI is InChI=1S/C35H44N6O4Si/c1-34(12-13-34)45-27-10-11-29-28(20-27)32(41(38-29)25-43-18-19-46(2,3)4)30-21-31(37-24-36-30)39-16-17-40(35(23-39)14-15-35)33(42)44-22-26-8-6-5-7-9-26/h5-11,20-21,24H,12-19,22-23,25H2,1-4H3. The fourth-order valence-corrected chi connectivity index (χ4v) is 6.86. The lowest BCUT2D eigenvalue weighted by molar-refractivity contribution is 0.0701. The van der Waals surface area contributed by atoms with E-state index in [0.29, 0.717) is 33.0 Å². The minimum atomic E-state index is -1.22. The Morgan fingerprint density at radius 3 is 2.52 bits per heavy atom. The zero-order valence-corrected chi connectivity index (χ0v) is 28.4. The van der Waals surface area contributed by atoms with Crippen molar-refractivity contribution in [3.63, 3.8) is 0 Å². The van der Waals surface area contributed by atoms with Crippen LogP contribution in [0.2, 0.25) is 25.7 Å². The highest BCUT2D eigenvalue weighted by molar-refractivity contribution is 6.76. The predicted octanol–water partition coefficient (Wildman–Crippen LogP) is 6.73. The molecule has 3 heterocycles. The molecule has 4 aromatic rings. The van der Waals surface area contributed by atoms with Crippen LogP contribution in [-0.2, 0) is 22.8 Å². The summed E-state index contributed by atoms with van der Waals surface area (Å²) in [5.74, 6) is 1.68. The predicted molar refractivity (Wildman–Crippen MR) is 181 cm³/mol. The van der Waals surface area contributed by atoms with E-state index in [1.54, 1.807) is 6.33 Å². The van der Waals surface area contributed by atoms with Gasteiger partial charge in [-0.25, -0.2) is 19.4 Å². The number of anilines is 1. The van der Waals surface area contributed by atoms with Crippen molar-refractivity contribution in [2.45, 2.75) is 82.8 Å². The summed E-state index contributed by atoms with van der Waals surface area (Å²) >= 11 is 0. The lowest BCUT2D eigenvalue weighted by Gasteiger charge is -2.42. The third-order valence-corrected chi connectivity index (χ3v) is 11.1. The number of hydrogen-bond acceptors (Lipinski definition) is 8. The number of rotatable bonds is 11. The van der Waals surface area contributed by atoms with Crippen molar-refractivity contribution in [1.82, 2.24) is 24.6 Å². The zero-order chi connectivity index (χ0) is 31.9. The quantitative estimate of drug-likeness (QED) is 0.132. The minimum absolute atomic E-state index is 0.0826. The molecule has 0 atom stereocenters.